The average molecular weight is 994 g/mol. The molecule has 8 rings (SSSR count). The highest BCUT2D eigenvalue weighted by molar-refractivity contribution is 14.1. The molecule has 60 heavy (non-hydrogen) atoms. The first kappa shape index (κ1) is 43.1. The molecule has 0 radical (unpaired) electrons. The minimum atomic E-state index is -3.86. The van der Waals surface area contributed by atoms with E-state index in [1.54, 1.807) is 37.2 Å². The number of aromatic nitrogens is 1. The second kappa shape index (κ2) is 16.9. The Morgan fingerprint density at radius 2 is 1.80 bits per heavy atom. The zero-order chi connectivity index (χ0) is 42.6. The molecule has 3 aliphatic heterocycles. The molecule has 3 aromatic rings. The minimum absolute atomic E-state index is 0.0294. The fourth-order valence-electron chi connectivity index (χ4n) is 7.87. The quantitative estimate of drug-likeness (QED) is 0.170. The number of hydrogen-bond donors (Lipinski definition) is 3. The van der Waals surface area contributed by atoms with Crippen LogP contribution in [0.1, 0.15) is 58.1 Å². The summed E-state index contributed by atoms with van der Waals surface area (Å²) in [6.07, 6.45) is 2.15. The zero-order valence-corrected chi connectivity index (χ0v) is 38.3. The van der Waals surface area contributed by atoms with Gasteiger partial charge in [-0.2, -0.15) is 0 Å². The number of carbonyl (C=O) groups is 3. The van der Waals surface area contributed by atoms with Crippen LogP contribution in [0.25, 0.3) is 10.8 Å². The van der Waals surface area contributed by atoms with Crippen molar-refractivity contribution in [3.05, 3.63) is 59.2 Å². The average Bonchev–Trinajstić information content (AvgIpc) is 4.09. The van der Waals surface area contributed by atoms with Gasteiger partial charge in [0.1, 0.15) is 29.5 Å². The Morgan fingerprint density at radius 3 is 2.45 bits per heavy atom. The lowest BCUT2D eigenvalue weighted by molar-refractivity contribution is -0.142. The maximum atomic E-state index is 15.0. The second-order valence-corrected chi connectivity index (χ2v) is 21.9. The van der Waals surface area contributed by atoms with Crippen molar-refractivity contribution in [3.63, 3.8) is 0 Å². The molecule has 19 heteroatoms. The number of methoxy groups -OCH3 is 1. The van der Waals surface area contributed by atoms with Gasteiger partial charge >= 0.3 is 0 Å². The summed E-state index contributed by atoms with van der Waals surface area (Å²) in [6.45, 7) is 9.00. The highest BCUT2D eigenvalue weighted by Crippen LogP contribution is 2.45. The first-order valence-electron chi connectivity index (χ1n) is 20.1. The molecule has 15 nitrogen and oxygen atoms in total. The minimum Gasteiger partial charge on any atom is -0.494 e. The van der Waals surface area contributed by atoms with Crippen molar-refractivity contribution < 1.29 is 37.0 Å². The molecule has 3 N–H and O–H groups in total. The van der Waals surface area contributed by atoms with Gasteiger partial charge in [0, 0.05) is 50.7 Å². The van der Waals surface area contributed by atoms with Gasteiger partial charge in [0.25, 0.3) is 5.91 Å². The number of anilines is 1. The van der Waals surface area contributed by atoms with E-state index in [2.05, 4.69) is 49.5 Å². The first-order valence-corrected chi connectivity index (χ1v) is 24.2. The highest BCUT2D eigenvalue weighted by atomic mass is 127. The maximum Gasteiger partial charge on any atom is 0.260 e. The molecule has 1 unspecified atom stereocenters. The van der Waals surface area contributed by atoms with Gasteiger partial charge in [-0.05, 0) is 60.6 Å². The molecule has 2 aromatic carbocycles. The summed E-state index contributed by atoms with van der Waals surface area (Å²) in [5.74, 6) is -0.217. The Hall–Kier alpha value is -3.59. The van der Waals surface area contributed by atoms with Crippen LogP contribution in [0, 0.1) is 5.41 Å². The van der Waals surface area contributed by atoms with E-state index < -0.39 is 56.2 Å². The van der Waals surface area contributed by atoms with Crippen LogP contribution in [-0.2, 0) is 29.1 Å². The number of amides is 3. The second-order valence-electron chi connectivity index (χ2n) is 17.0. The van der Waals surface area contributed by atoms with E-state index in [1.807, 2.05) is 49.4 Å². The highest BCUT2D eigenvalue weighted by Gasteiger charge is 2.62. The van der Waals surface area contributed by atoms with Crippen molar-refractivity contribution >= 4 is 95.3 Å². The van der Waals surface area contributed by atoms with E-state index in [4.69, 9.17) is 30.8 Å². The number of benzene rings is 2. The number of ether oxygens (including phenoxy) is 3. The van der Waals surface area contributed by atoms with Crippen molar-refractivity contribution in [2.45, 2.75) is 85.4 Å². The van der Waals surface area contributed by atoms with Crippen LogP contribution < -0.4 is 29.7 Å². The molecule has 3 amide bonds. The summed E-state index contributed by atoms with van der Waals surface area (Å²) >= 11 is 9.99. The summed E-state index contributed by atoms with van der Waals surface area (Å²) in [5, 5.41) is 8.13. The fraction of sp³-hybridized carbons (Fsp3) is 0.537. The Bertz CT molecular complexity index is 2310. The summed E-state index contributed by atoms with van der Waals surface area (Å²) in [4.78, 5) is 56.3. The molecule has 2 saturated heterocycles. The van der Waals surface area contributed by atoms with Crippen LogP contribution in [0.4, 0.5) is 5.69 Å². The van der Waals surface area contributed by atoms with Crippen LogP contribution >= 0.6 is 46.0 Å². The predicted octanol–water partition coefficient (Wildman–Crippen LogP) is 4.60. The third-order valence-electron chi connectivity index (χ3n) is 11.6. The van der Waals surface area contributed by atoms with Gasteiger partial charge in [0.2, 0.25) is 27.7 Å². The normalized spacial score (nSPS) is 26.0. The van der Waals surface area contributed by atoms with E-state index in [9.17, 15) is 22.8 Å². The van der Waals surface area contributed by atoms with Gasteiger partial charge in [0.05, 0.1) is 44.4 Å². The van der Waals surface area contributed by atoms with Gasteiger partial charge in [-0.15, -0.1) is 0 Å². The molecule has 1 aromatic heterocycles. The van der Waals surface area contributed by atoms with Crippen LogP contribution in [0.5, 0.6) is 11.6 Å². The van der Waals surface area contributed by atoms with Crippen molar-refractivity contribution in [3.8, 4) is 11.6 Å². The standard InChI is InChI=1S/C41H49ClIN7O8S2/c1-40(2,3)34(46-39-45-30(22-59-39)23-5-8-25(9-6-23)49-13-15-57-16-14-49)37(52)50-21-26(58-36-29-17-24(42)7-12-28(29)32(56-4)20-44-36)18-31(50)35(51)47-41(19-33(41)43)38(53)48-60(54,55)27-10-11-27/h5-9,12,17,20,26-27,30-31,33-34H,10-11,13-16,18-19,21-22H2,1-4H3,(H,45,46)(H,47,51)(H,48,53)/t26-,30?,31+,33-,34-,41-/m1/s1. The summed E-state index contributed by atoms with van der Waals surface area (Å²) in [5.41, 5.74) is 0.142. The van der Waals surface area contributed by atoms with E-state index in [0.29, 0.717) is 53.1 Å². The molecule has 322 valence electrons. The van der Waals surface area contributed by atoms with E-state index in [1.165, 1.54) is 4.90 Å². The number of alkyl halides is 1. The van der Waals surface area contributed by atoms with Crippen molar-refractivity contribution in [2.24, 2.45) is 10.4 Å². The van der Waals surface area contributed by atoms with Gasteiger partial charge in [-0.25, -0.2) is 13.4 Å². The number of amidine groups is 1. The lowest BCUT2D eigenvalue weighted by Crippen LogP contribution is -2.60. The lowest BCUT2D eigenvalue weighted by Gasteiger charge is -2.36. The van der Waals surface area contributed by atoms with Crippen LogP contribution in [0.3, 0.4) is 0 Å². The molecule has 4 fully saturated rings. The Morgan fingerprint density at radius 1 is 1.08 bits per heavy atom. The van der Waals surface area contributed by atoms with Gasteiger partial charge < -0.3 is 34.6 Å². The number of halogens is 2. The summed E-state index contributed by atoms with van der Waals surface area (Å²) < 4.78 is 44.9. The third-order valence-corrected chi connectivity index (χ3v) is 16.2. The topological polar surface area (TPSA) is 181 Å². The zero-order valence-electron chi connectivity index (χ0n) is 33.8. The van der Waals surface area contributed by atoms with Crippen molar-refractivity contribution in [1.82, 2.24) is 25.2 Å². The number of fused-ring (bicyclic) bond motifs is 1. The molecule has 4 heterocycles. The molecule has 6 atom stereocenters. The van der Waals surface area contributed by atoms with Crippen LogP contribution in [0.2, 0.25) is 5.02 Å². The van der Waals surface area contributed by atoms with Gasteiger partial charge in [0.15, 0.2) is 5.17 Å². The molecule has 5 aliphatic rings. The number of pyridine rings is 1. The maximum absolute atomic E-state index is 15.0. The van der Waals surface area contributed by atoms with E-state index >= 15 is 0 Å². The SMILES string of the molecule is COc1cnc(O[C@@H]2C[C@@H](C(=O)N[C@]3(C(=O)NS(=O)(=O)C4CC4)C[C@H]3I)N(C(=O)[C@@H](NC3=NC(c4ccc(N5CCOCC5)cc4)CS3)C(C)(C)C)C2)c2cc(Cl)ccc12. The Kier molecular flexibility index (Phi) is 12.2. The number of morpholine rings is 1. The number of rotatable bonds is 12. The summed E-state index contributed by atoms with van der Waals surface area (Å²) in [6, 6.07) is 11.7. The number of hydrogen-bond acceptors (Lipinski definition) is 13. The smallest absolute Gasteiger partial charge is 0.260 e. The third kappa shape index (κ3) is 8.99. The Balaban J connectivity index is 1.04. The molecular weight excluding hydrogens is 945 g/mol. The molecule has 0 spiro atoms. The van der Waals surface area contributed by atoms with E-state index in [0.717, 1.165) is 29.7 Å². The summed E-state index contributed by atoms with van der Waals surface area (Å²) in [7, 11) is -2.32. The van der Waals surface area contributed by atoms with Crippen molar-refractivity contribution in [2.75, 3.05) is 50.6 Å². The molecule has 2 saturated carbocycles. The fourth-order valence-corrected chi connectivity index (χ4v) is 11.5. The molecular formula is C41H49ClIN7O8S2. The monoisotopic (exact) mass is 993 g/mol. The number of carbonyl (C=O) groups excluding carboxylic acids is 3. The predicted molar refractivity (Wildman–Crippen MR) is 240 cm³/mol. The number of likely N-dealkylation sites (tertiary alicyclic amines) is 1. The van der Waals surface area contributed by atoms with Crippen molar-refractivity contribution in [1.29, 1.82) is 0 Å². The molecule has 2 aliphatic carbocycles. The van der Waals surface area contributed by atoms with E-state index in [-0.39, 0.29) is 41.1 Å². The largest absolute Gasteiger partial charge is 0.494 e. The number of thioether (sulfide) groups is 1. The van der Waals surface area contributed by atoms with Gasteiger partial charge in [-0.1, -0.05) is 78.9 Å². The van der Waals surface area contributed by atoms with Crippen LogP contribution in [-0.4, -0.2) is 120 Å². The van der Waals surface area contributed by atoms with Gasteiger partial charge in [-0.3, -0.25) is 24.1 Å². The van der Waals surface area contributed by atoms with Crippen LogP contribution in [0.15, 0.2) is 53.7 Å². The Labute approximate surface area is 372 Å². The number of sulfonamides is 1. The number of aliphatic imine (C=N–C) groups is 1. The molecule has 0 bridgehead atoms. The first-order chi connectivity index (χ1) is 28.6. The number of nitrogens with zero attached hydrogens (tertiary/aromatic N) is 4. The number of nitrogens with one attached hydrogen (secondary N) is 3. The lowest BCUT2D eigenvalue weighted by atomic mass is 9.85.